The molecule has 5 rings (SSSR count). The van der Waals surface area contributed by atoms with Gasteiger partial charge in [-0.05, 0) is 25.1 Å². The van der Waals surface area contributed by atoms with Gasteiger partial charge in [-0.15, -0.1) is 0 Å². The van der Waals surface area contributed by atoms with Crippen LogP contribution >= 0.6 is 0 Å². The number of rotatable bonds is 6. The number of carbonyl (C=O) groups excluding carboxylic acids is 4. The van der Waals surface area contributed by atoms with E-state index in [2.05, 4.69) is 16.0 Å². The maximum absolute atomic E-state index is 13.8. The molecule has 2 saturated heterocycles. The normalized spacial score (nSPS) is 29.0. The minimum Gasteiger partial charge on any atom is -0.449 e. The lowest BCUT2D eigenvalue weighted by atomic mass is 9.82. The van der Waals surface area contributed by atoms with E-state index in [0.717, 1.165) is 0 Å². The molecule has 2 amide bonds. The Kier molecular flexibility index (Phi) is 4.99. The monoisotopic (exact) mass is 467 g/mol. The van der Waals surface area contributed by atoms with Gasteiger partial charge in [0.2, 0.25) is 17.5 Å². The lowest BCUT2D eigenvalue weighted by Gasteiger charge is -2.39. The van der Waals surface area contributed by atoms with Gasteiger partial charge in [-0.2, -0.15) is 0 Å². The van der Waals surface area contributed by atoms with Crippen LogP contribution < -0.4 is 21.7 Å². The predicted octanol–water partition coefficient (Wildman–Crippen LogP) is 0.461. The highest BCUT2D eigenvalue weighted by Crippen LogP contribution is 2.55. The number of hydrogen-bond acceptors (Lipinski definition) is 9. The van der Waals surface area contributed by atoms with Crippen molar-refractivity contribution in [1.29, 1.82) is 0 Å². The number of ether oxygens (including phenoxy) is 2. The van der Waals surface area contributed by atoms with Crippen molar-refractivity contribution >= 4 is 34.9 Å². The van der Waals surface area contributed by atoms with Crippen LogP contribution in [0.3, 0.4) is 0 Å². The van der Waals surface area contributed by atoms with Gasteiger partial charge in [-0.1, -0.05) is 6.07 Å². The Labute approximate surface area is 195 Å². The largest absolute Gasteiger partial charge is 0.449 e. The highest BCUT2D eigenvalue weighted by atomic mass is 16.6. The number of primary amides is 1. The van der Waals surface area contributed by atoms with E-state index in [0.29, 0.717) is 17.9 Å². The molecule has 0 aromatic heterocycles. The molecule has 4 aliphatic rings. The van der Waals surface area contributed by atoms with E-state index in [4.69, 9.17) is 15.2 Å². The maximum Gasteiger partial charge on any atom is 0.404 e. The second-order valence-electron chi connectivity index (χ2n) is 8.81. The molecule has 3 heterocycles. The van der Waals surface area contributed by atoms with E-state index in [-0.39, 0.29) is 58.7 Å². The zero-order chi connectivity index (χ0) is 24.4. The maximum atomic E-state index is 13.8. The number of benzene rings is 1. The second-order valence-corrected chi connectivity index (χ2v) is 8.81. The van der Waals surface area contributed by atoms with E-state index in [1.807, 2.05) is 4.90 Å². The molecule has 5 N–H and O–H groups in total. The zero-order valence-electron chi connectivity index (χ0n) is 18.9. The molecule has 0 bridgehead atoms. The summed E-state index contributed by atoms with van der Waals surface area (Å²) in [4.78, 5) is 52.0. The van der Waals surface area contributed by atoms with Crippen molar-refractivity contribution in [3.05, 3.63) is 46.8 Å². The van der Waals surface area contributed by atoms with Gasteiger partial charge in [0, 0.05) is 49.1 Å². The first-order chi connectivity index (χ1) is 16.2. The highest BCUT2D eigenvalue weighted by molar-refractivity contribution is 6.26. The number of fused-ring (bicyclic) bond motifs is 4. The van der Waals surface area contributed by atoms with Crippen molar-refractivity contribution < 1.29 is 28.7 Å². The van der Waals surface area contributed by atoms with Crippen molar-refractivity contribution in [2.24, 2.45) is 11.7 Å². The van der Waals surface area contributed by atoms with Gasteiger partial charge < -0.3 is 36.1 Å². The van der Waals surface area contributed by atoms with Crippen molar-refractivity contribution in [2.45, 2.75) is 31.7 Å². The van der Waals surface area contributed by atoms with Crippen LogP contribution in [0, 0.1) is 5.92 Å². The van der Waals surface area contributed by atoms with Crippen LogP contribution in [0.2, 0.25) is 0 Å². The molecule has 1 aromatic carbocycles. The van der Waals surface area contributed by atoms with Crippen LogP contribution in [-0.4, -0.2) is 66.5 Å². The summed E-state index contributed by atoms with van der Waals surface area (Å²) in [5.41, 5.74) is 6.18. The number of allylic oxidation sites excluding steroid dienone is 2. The third-order valence-electron chi connectivity index (χ3n) is 6.88. The topological polar surface area (TPSA) is 162 Å². The first-order valence-electron chi connectivity index (χ1n) is 10.9. The van der Waals surface area contributed by atoms with Crippen molar-refractivity contribution in [1.82, 2.24) is 10.2 Å². The Hall–Kier alpha value is -3.70. The molecule has 0 saturated carbocycles. The summed E-state index contributed by atoms with van der Waals surface area (Å²) in [6.45, 7) is 3.29. The summed E-state index contributed by atoms with van der Waals surface area (Å²) in [7, 11) is 1.52. The first-order valence-corrected chi connectivity index (χ1v) is 10.9. The Morgan fingerprint density at radius 3 is 2.68 bits per heavy atom. The molecule has 1 aliphatic carbocycles. The summed E-state index contributed by atoms with van der Waals surface area (Å²) in [5.74, 6) is -1.61. The molecule has 1 unspecified atom stereocenters. The van der Waals surface area contributed by atoms with Crippen LogP contribution in [0.5, 0.6) is 0 Å². The molecule has 11 nitrogen and oxygen atoms in total. The Balaban J connectivity index is 1.52. The minimum atomic E-state index is -1.03. The lowest BCUT2D eigenvalue weighted by Crippen LogP contribution is -2.55. The average Bonchev–Trinajstić information content (AvgIpc) is 3.39. The van der Waals surface area contributed by atoms with Gasteiger partial charge in [-0.25, -0.2) is 4.79 Å². The Bertz CT molecular complexity index is 1210. The number of anilines is 2. The third-order valence-corrected chi connectivity index (χ3v) is 6.88. The smallest absolute Gasteiger partial charge is 0.404 e. The molecule has 1 aromatic rings. The van der Waals surface area contributed by atoms with Crippen molar-refractivity contribution in [2.75, 3.05) is 30.9 Å². The fourth-order valence-corrected chi connectivity index (χ4v) is 5.46. The number of carbonyl (C=O) groups is 4. The number of Topliss-reactive ketones (excluding diaryl/α,β-unsaturated/α-hetero) is 2. The molecule has 4 atom stereocenters. The number of ketones is 2. The first kappa shape index (κ1) is 22.1. The molecular formula is C23H25N5O6. The number of methoxy groups -OCH3 is 1. The molecule has 2 fully saturated rings. The molecule has 34 heavy (non-hydrogen) atoms. The fraction of sp³-hybridized carbons (Fsp3) is 0.391. The zero-order valence-corrected chi connectivity index (χ0v) is 18.9. The quantitative estimate of drug-likeness (QED) is 0.344. The lowest BCUT2D eigenvalue weighted by molar-refractivity contribution is -0.137. The minimum absolute atomic E-state index is 0.115. The number of piperazine rings is 1. The number of hydrogen-bond donors (Lipinski definition) is 4. The average molecular weight is 467 g/mol. The number of nitrogens with one attached hydrogen (secondary N) is 3. The molecule has 11 heteroatoms. The molecule has 178 valence electrons. The van der Waals surface area contributed by atoms with Crippen molar-refractivity contribution in [3.63, 3.8) is 0 Å². The Morgan fingerprint density at radius 2 is 2.00 bits per heavy atom. The van der Waals surface area contributed by atoms with E-state index in [1.54, 1.807) is 31.2 Å². The highest BCUT2D eigenvalue weighted by Gasteiger charge is 2.72. The summed E-state index contributed by atoms with van der Waals surface area (Å²) < 4.78 is 11.1. The second kappa shape index (κ2) is 7.67. The van der Waals surface area contributed by atoms with E-state index in [9.17, 15) is 19.2 Å². The molecule has 3 aliphatic heterocycles. The van der Waals surface area contributed by atoms with E-state index >= 15 is 0 Å². The van der Waals surface area contributed by atoms with Gasteiger partial charge in [0.15, 0.2) is 5.72 Å². The van der Waals surface area contributed by atoms with Crippen LogP contribution in [0.15, 0.2) is 46.8 Å². The number of nitrogens with zero attached hydrogens (tertiary/aromatic N) is 1. The van der Waals surface area contributed by atoms with Gasteiger partial charge >= 0.3 is 6.09 Å². The van der Waals surface area contributed by atoms with Crippen LogP contribution in [0.1, 0.15) is 13.8 Å². The summed E-state index contributed by atoms with van der Waals surface area (Å²) >= 11 is 0. The van der Waals surface area contributed by atoms with E-state index < -0.39 is 17.7 Å². The Morgan fingerprint density at radius 1 is 1.26 bits per heavy atom. The number of nitrogens with two attached hydrogens (primary N) is 1. The van der Waals surface area contributed by atoms with Gasteiger partial charge in [0.05, 0.1) is 23.4 Å². The SMILES string of the molecule is COC12[C@@H]3N[C@@H]3CN1C1=C(C(=O)C(Nc3cccc(NC(C)=O)c3)=C(C)C1=O)[C@@H]2COC(N)=O. The van der Waals surface area contributed by atoms with Crippen LogP contribution in [0.25, 0.3) is 0 Å². The molecule has 0 radical (unpaired) electrons. The van der Waals surface area contributed by atoms with Gasteiger partial charge in [0.1, 0.15) is 6.61 Å². The fourth-order valence-electron chi connectivity index (χ4n) is 5.46. The van der Waals surface area contributed by atoms with Gasteiger partial charge in [-0.3, -0.25) is 14.4 Å². The van der Waals surface area contributed by atoms with Crippen LogP contribution in [-0.2, 0) is 23.9 Å². The van der Waals surface area contributed by atoms with Crippen molar-refractivity contribution in [3.8, 4) is 0 Å². The standard InChI is InChI=1S/C23H25N5O6/c1-10-17(26-13-6-4-5-12(7-13)25-11(2)29)20(31)16-14(9-34-22(24)32)23(33-3)21-15(27-21)8-28(23)18(16)19(10)30/h4-7,14-15,21,26-27H,8-9H2,1-3H3,(H2,24,32)(H,25,29)/t14-,15+,21+,23?/m0/s1. The molecular weight excluding hydrogens is 442 g/mol. The molecule has 0 spiro atoms. The third kappa shape index (κ3) is 3.11. The van der Waals surface area contributed by atoms with Gasteiger partial charge in [0.25, 0.3) is 0 Å². The summed E-state index contributed by atoms with van der Waals surface area (Å²) in [6.07, 6.45) is -0.973. The number of amides is 2. The predicted molar refractivity (Wildman–Crippen MR) is 120 cm³/mol. The van der Waals surface area contributed by atoms with Crippen LogP contribution in [0.4, 0.5) is 16.2 Å². The summed E-state index contributed by atoms with van der Waals surface area (Å²) in [6, 6.07) is 6.83. The van der Waals surface area contributed by atoms with E-state index in [1.165, 1.54) is 14.0 Å². The summed E-state index contributed by atoms with van der Waals surface area (Å²) in [5, 5.41) is 9.06.